The van der Waals surface area contributed by atoms with E-state index in [2.05, 4.69) is 24.3 Å². The molecule has 4 nitrogen and oxygen atoms in total. The molecule has 0 aliphatic carbocycles. The molecule has 2 saturated heterocycles. The molecule has 0 bridgehead atoms. The van der Waals surface area contributed by atoms with Crippen molar-refractivity contribution in [1.82, 2.24) is 4.31 Å². The summed E-state index contributed by atoms with van der Waals surface area (Å²) in [7, 11) is -3.17. The van der Waals surface area contributed by atoms with Crippen LogP contribution >= 0.6 is 0 Å². The van der Waals surface area contributed by atoms with Crippen LogP contribution in [0, 0.1) is 5.92 Å². The molecule has 1 aromatic carbocycles. The van der Waals surface area contributed by atoms with Gasteiger partial charge < -0.3 is 4.74 Å². The van der Waals surface area contributed by atoms with Gasteiger partial charge in [0.25, 0.3) is 0 Å². The zero-order valence-electron chi connectivity index (χ0n) is 13.0. The van der Waals surface area contributed by atoms with Gasteiger partial charge in [-0.15, -0.1) is 0 Å². The van der Waals surface area contributed by atoms with Crippen LogP contribution in [0.1, 0.15) is 31.2 Å². The Labute approximate surface area is 133 Å². The van der Waals surface area contributed by atoms with E-state index in [0.717, 1.165) is 32.1 Å². The lowest BCUT2D eigenvalue weighted by molar-refractivity contribution is 0.0968. The van der Waals surface area contributed by atoms with Gasteiger partial charge in [0, 0.05) is 19.7 Å². The number of ether oxygens (including phenoxy) is 1. The van der Waals surface area contributed by atoms with Crippen LogP contribution in [0.15, 0.2) is 30.3 Å². The van der Waals surface area contributed by atoms with Crippen molar-refractivity contribution in [1.29, 1.82) is 0 Å². The topological polar surface area (TPSA) is 46.6 Å². The number of hydrogen-bond acceptors (Lipinski definition) is 3. The van der Waals surface area contributed by atoms with E-state index in [1.54, 1.807) is 4.31 Å². The van der Waals surface area contributed by atoms with Gasteiger partial charge in [-0.25, -0.2) is 12.7 Å². The van der Waals surface area contributed by atoms with Crippen molar-refractivity contribution < 1.29 is 13.2 Å². The highest BCUT2D eigenvalue weighted by molar-refractivity contribution is 7.89. The van der Waals surface area contributed by atoms with Gasteiger partial charge in [0.2, 0.25) is 10.0 Å². The largest absolute Gasteiger partial charge is 0.380 e. The molecule has 2 heterocycles. The van der Waals surface area contributed by atoms with Crippen molar-refractivity contribution in [2.75, 3.05) is 26.3 Å². The van der Waals surface area contributed by atoms with Gasteiger partial charge in [-0.2, -0.15) is 0 Å². The van der Waals surface area contributed by atoms with E-state index in [9.17, 15) is 8.42 Å². The van der Waals surface area contributed by atoms with Gasteiger partial charge in [-0.1, -0.05) is 30.3 Å². The second-order valence-electron chi connectivity index (χ2n) is 6.42. The molecule has 0 saturated carbocycles. The number of sulfonamides is 1. The van der Waals surface area contributed by atoms with Crippen molar-refractivity contribution in [2.24, 2.45) is 5.92 Å². The Morgan fingerprint density at radius 1 is 1.09 bits per heavy atom. The fraction of sp³-hybridized carbons (Fsp3) is 0.647. The molecule has 22 heavy (non-hydrogen) atoms. The van der Waals surface area contributed by atoms with Crippen molar-refractivity contribution in [3.05, 3.63) is 35.9 Å². The highest BCUT2D eigenvalue weighted by Crippen LogP contribution is 2.26. The van der Waals surface area contributed by atoms with Gasteiger partial charge in [0.05, 0.1) is 11.9 Å². The number of piperidine rings is 1. The highest BCUT2D eigenvalue weighted by atomic mass is 32.2. The Morgan fingerprint density at radius 2 is 1.82 bits per heavy atom. The zero-order chi connectivity index (χ0) is 15.4. The summed E-state index contributed by atoms with van der Waals surface area (Å²) in [4.78, 5) is 0. The summed E-state index contributed by atoms with van der Waals surface area (Å²) in [6.45, 7) is 2.39. The van der Waals surface area contributed by atoms with Crippen LogP contribution in [-0.4, -0.2) is 44.3 Å². The molecule has 2 aliphatic rings. The summed E-state index contributed by atoms with van der Waals surface area (Å²) >= 11 is 0. The average Bonchev–Trinajstić information content (AvgIpc) is 2.57. The fourth-order valence-electron chi connectivity index (χ4n) is 3.47. The first-order chi connectivity index (χ1) is 10.7. The molecule has 0 aromatic heterocycles. The first kappa shape index (κ1) is 16.0. The molecule has 2 fully saturated rings. The van der Waals surface area contributed by atoms with Crippen molar-refractivity contribution >= 4 is 10.0 Å². The van der Waals surface area contributed by atoms with Crippen LogP contribution in [0.4, 0.5) is 0 Å². The Hall–Kier alpha value is -0.910. The van der Waals surface area contributed by atoms with E-state index in [-0.39, 0.29) is 5.25 Å². The third-order valence-corrected chi connectivity index (χ3v) is 7.14. The maximum atomic E-state index is 12.7. The highest BCUT2D eigenvalue weighted by Gasteiger charge is 2.35. The monoisotopic (exact) mass is 323 g/mol. The number of rotatable bonds is 4. The predicted molar refractivity (Wildman–Crippen MR) is 87.2 cm³/mol. The minimum Gasteiger partial charge on any atom is -0.380 e. The van der Waals surface area contributed by atoms with Gasteiger partial charge in [0.1, 0.15) is 0 Å². The lowest BCUT2D eigenvalue weighted by Gasteiger charge is -2.34. The Morgan fingerprint density at radius 3 is 2.45 bits per heavy atom. The zero-order valence-corrected chi connectivity index (χ0v) is 13.8. The summed E-state index contributed by atoms with van der Waals surface area (Å²) in [5.41, 5.74) is 1.35. The van der Waals surface area contributed by atoms with E-state index in [1.165, 1.54) is 5.56 Å². The molecular weight excluding hydrogens is 298 g/mol. The van der Waals surface area contributed by atoms with Gasteiger partial charge >= 0.3 is 0 Å². The molecule has 2 aliphatic heterocycles. The van der Waals surface area contributed by atoms with E-state index in [1.807, 2.05) is 6.07 Å². The maximum Gasteiger partial charge on any atom is 0.219 e. The molecule has 0 spiro atoms. The molecule has 1 aromatic rings. The van der Waals surface area contributed by atoms with Gasteiger partial charge in [-0.3, -0.25) is 0 Å². The minimum atomic E-state index is -3.17. The average molecular weight is 323 g/mol. The molecule has 122 valence electrons. The first-order valence-corrected chi connectivity index (χ1v) is 9.77. The Bertz CT molecular complexity index is 559. The lowest BCUT2D eigenvalue weighted by atomic mass is 9.91. The van der Waals surface area contributed by atoms with Crippen LogP contribution < -0.4 is 0 Å². The van der Waals surface area contributed by atoms with E-state index >= 15 is 0 Å². The van der Waals surface area contributed by atoms with Crippen LogP contribution in [0.3, 0.4) is 0 Å². The van der Waals surface area contributed by atoms with Crippen molar-refractivity contribution in [2.45, 2.75) is 37.4 Å². The van der Waals surface area contributed by atoms with Crippen LogP contribution in [0.5, 0.6) is 0 Å². The predicted octanol–water partition coefficient (Wildman–Crippen LogP) is 2.45. The van der Waals surface area contributed by atoms with Gasteiger partial charge in [0.15, 0.2) is 0 Å². The summed E-state index contributed by atoms with van der Waals surface area (Å²) in [5, 5.41) is -0.327. The Kier molecular flexibility index (Phi) is 5.16. The standard InChI is InChI=1S/C17H25NO3S/c19-22(20,17-7-4-12-21-14-17)18-10-8-16(9-11-18)13-15-5-2-1-3-6-15/h1-3,5-6,16-17H,4,7-14H2. The molecule has 3 rings (SSSR count). The Balaban J connectivity index is 1.54. The fourth-order valence-corrected chi connectivity index (χ4v) is 5.35. The van der Waals surface area contributed by atoms with Crippen LogP contribution in [0.25, 0.3) is 0 Å². The molecular formula is C17H25NO3S. The minimum absolute atomic E-state index is 0.327. The van der Waals surface area contributed by atoms with E-state index in [0.29, 0.717) is 32.2 Å². The third-order valence-electron chi connectivity index (χ3n) is 4.84. The van der Waals surface area contributed by atoms with Crippen LogP contribution in [0.2, 0.25) is 0 Å². The molecule has 0 radical (unpaired) electrons. The summed E-state index contributed by atoms with van der Waals surface area (Å²) in [6, 6.07) is 10.5. The number of benzene rings is 1. The SMILES string of the molecule is O=S(=O)(C1CCCOC1)N1CCC(Cc2ccccc2)CC1. The van der Waals surface area contributed by atoms with Crippen molar-refractivity contribution in [3.8, 4) is 0 Å². The summed E-state index contributed by atoms with van der Waals surface area (Å²) in [5.74, 6) is 0.594. The molecule has 5 heteroatoms. The summed E-state index contributed by atoms with van der Waals surface area (Å²) < 4.78 is 32.4. The van der Waals surface area contributed by atoms with E-state index < -0.39 is 10.0 Å². The number of hydrogen-bond donors (Lipinski definition) is 0. The van der Waals surface area contributed by atoms with E-state index in [4.69, 9.17) is 4.74 Å². The maximum absolute atomic E-state index is 12.7. The normalized spacial score (nSPS) is 25.2. The number of nitrogens with zero attached hydrogens (tertiary/aromatic N) is 1. The molecule has 0 amide bonds. The van der Waals surface area contributed by atoms with Crippen LogP contribution in [-0.2, 0) is 21.2 Å². The van der Waals surface area contributed by atoms with Gasteiger partial charge in [-0.05, 0) is 43.6 Å². The molecule has 1 atom stereocenters. The molecule has 1 unspecified atom stereocenters. The summed E-state index contributed by atoms with van der Waals surface area (Å²) in [6.07, 6.45) is 4.57. The first-order valence-electron chi connectivity index (χ1n) is 8.27. The molecule has 0 N–H and O–H groups in total. The lowest BCUT2D eigenvalue weighted by Crippen LogP contribution is -2.46. The third kappa shape index (κ3) is 3.70. The second-order valence-corrected chi connectivity index (χ2v) is 8.63. The second kappa shape index (κ2) is 7.11. The smallest absolute Gasteiger partial charge is 0.219 e. The quantitative estimate of drug-likeness (QED) is 0.855. The van der Waals surface area contributed by atoms with Crippen molar-refractivity contribution in [3.63, 3.8) is 0 Å².